The lowest BCUT2D eigenvalue weighted by atomic mass is 9.96. The van der Waals surface area contributed by atoms with Crippen molar-refractivity contribution < 1.29 is 9.53 Å². The van der Waals surface area contributed by atoms with Crippen molar-refractivity contribution in [1.82, 2.24) is 5.32 Å². The minimum Gasteiger partial charge on any atom is -0.383 e. The molecule has 3 N–H and O–H groups in total. The molecule has 0 aliphatic heterocycles. The normalized spacial score (nSPS) is 16.9. The van der Waals surface area contributed by atoms with Gasteiger partial charge in [-0.25, -0.2) is 0 Å². The van der Waals surface area contributed by atoms with E-state index in [4.69, 9.17) is 10.5 Å². The SMILES string of the molecule is COCC(N)C(=O)NCC1(c2cccc(Br)c2)CC1.Cl. The molecule has 0 radical (unpaired) electrons. The van der Waals surface area contributed by atoms with Gasteiger partial charge in [-0.15, -0.1) is 12.4 Å². The summed E-state index contributed by atoms with van der Waals surface area (Å²) in [5.74, 6) is -0.150. The van der Waals surface area contributed by atoms with E-state index in [0.717, 1.165) is 17.3 Å². The third-order valence-corrected chi connectivity index (χ3v) is 4.07. The maximum absolute atomic E-state index is 11.8. The van der Waals surface area contributed by atoms with Crippen LogP contribution in [0.15, 0.2) is 28.7 Å². The van der Waals surface area contributed by atoms with Crippen LogP contribution in [0.25, 0.3) is 0 Å². The molecule has 0 spiro atoms. The monoisotopic (exact) mass is 362 g/mol. The molecule has 0 bridgehead atoms. The fourth-order valence-corrected chi connectivity index (χ4v) is 2.58. The zero-order valence-electron chi connectivity index (χ0n) is 11.4. The van der Waals surface area contributed by atoms with Gasteiger partial charge in [-0.05, 0) is 30.5 Å². The number of rotatable bonds is 6. The maximum atomic E-state index is 11.8. The third kappa shape index (κ3) is 4.19. The number of ether oxygens (including phenoxy) is 1. The molecule has 1 aliphatic rings. The lowest BCUT2D eigenvalue weighted by Gasteiger charge is -2.18. The number of carbonyl (C=O) groups is 1. The second-order valence-electron chi connectivity index (χ2n) is 5.07. The van der Waals surface area contributed by atoms with Crippen molar-refractivity contribution in [2.75, 3.05) is 20.3 Å². The van der Waals surface area contributed by atoms with E-state index in [1.54, 1.807) is 0 Å². The fraction of sp³-hybridized carbons (Fsp3) is 0.500. The Morgan fingerprint density at radius 3 is 2.80 bits per heavy atom. The molecule has 1 aromatic rings. The minimum atomic E-state index is -0.594. The summed E-state index contributed by atoms with van der Waals surface area (Å²) in [6, 6.07) is 7.67. The summed E-state index contributed by atoms with van der Waals surface area (Å²) in [5, 5.41) is 2.93. The Bertz CT molecular complexity index is 466. The lowest BCUT2D eigenvalue weighted by molar-refractivity contribution is -0.123. The van der Waals surface area contributed by atoms with Crippen molar-refractivity contribution in [2.45, 2.75) is 24.3 Å². The highest BCUT2D eigenvalue weighted by Crippen LogP contribution is 2.48. The molecular weight excluding hydrogens is 344 g/mol. The highest BCUT2D eigenvalue weighted by Gasteiger charge is 2.44. The van der Waals surface area contributed by atoms with Gasteiger partial charge in [0, 0.05) is 23.5 Å². The Labute approximate surface area is 134 Å². The highest BCUT2D eigenvalue weighted by molar-refractivity contribution is 9.10. The number of carbonyl (C=O) groups excluding carboxylic acids is 1. The molecule has 112 valence electrons. The van der Waals surface area contributed by atoms with E-state index in [1.165, 1.54) is 12.7 Å². The first-order chi connectivity index (χ1) is 9.07. The number of hydrogen-bond donors (Lipinski definition) is 2. The predicted molar refractivity (Wildman–Crippen MR) is 85.2 cm³/mol. The first-order valence-corrected chi connectivity index (χ1v) is 7.15. The average molecular weight is 364 g/mol. The Hall–Kier alpha value is -0.620. The zero-order valence-corrected chi connectivity index (χ0v) is 13.8. The molecule has 1 unspecified atom stereocenters. The van der Waals surface area contributed by atoms with Crippen LogP contribution in [0, 0.1) is 0 Å². The first kappa shape index (κ1) is 17.4. The van der Waals surface area contributed by atoms with Gasteiger partial charge in [0.25, 0.3) is 0 Å². The molecule has 1 fully saturated rings. The summed E-state index contributed by atoms with van der Waals surface area (Å²) in [7, 11) is 1.54. The van der Waals surface area contributed by atoms with Gasteiger partial charge >= 0.3 is 0 Å². The second-order valence-corrected chi connectivity index (χ2v) is 5.99. The summed E-state index contributed by atoms with van der Waals surface area (Å²) in [6.07, 6.45) is 2.20. The third-order valence-electron chi connectivity index (χ3n) is 3.57. The van der Waals surface area contributed by atoms with Gasteiger partial charge in [0.05, 0.1) is 6.61 Å². The van der Waals surface area contributed by atoms with E-state index >= 15 is 0 Å². The molecule has 1 aliphatic carbocycles. The quantitative estimate of drug-likeness (QED) is 0.812. The number of nitrogens with one attached hydrogen (secondary N) is 1. The lowest BCUT2D eigenvalue weighted by Crippen LogP contribution is -2.45. The number of benzene rings is 1. The topological polar surface area (TPSA) is 64.3 Å². The van der Waals surface area contributed by atoms with E-state index in [2.05, 4.69) is 33.4 Å². The predicted octanol–water partition coefficient (Wildman–Crippen LogP) is 1.99. The minimum absolute atomic E-state index is 0. The summed E-state index contributed by atoms with van der Waals surface area (Å²) in [5.41, 5.74) is 7.05. The number of hydrogen-bond acceptors (Lipinski definition) is 3. The standard InChI is InChI=1S/C14H19BrN2O2.ClH/c1-19-8-12(16)13(18)17-9-14(5-6-14)10-3-2-4-11(15)7-10;/h2-4,7,12H,5-6,8-9,16H2,1H3,(H,17,18);1H. The first-order valence-electron chi connectivity index (χ1n) is 6.36. The second kappa shape index (κ2) is 7.41. The van der Waals surface area contributed by atoms with Gasteiger partial charge in [-0.3, -0.25) is 4.79 Å². The van der Waals surface area contributed by atoms with Gasteiger partial charge < -0.3 is 15.8 Å². The molecule has 2 rings (SSSR count). The van der Waals surface area contributed by atoms with E-state index < -0.39 is 6.04 Å². The van der Waals surface area contributed by atoms with Crippen molar-refractivity contribution in [3.05, 3.63) is 34.3 Å². The summed E-state index contributed by atoms with van der Waals surface area (Å²) >= 11 is 3.48. The molecule has 1 saturated carbocycles. The highest BCUT2D eigenvalue weighted by atomic mass is 79.9. The fourth-order valence-electron chi connectivity index (χ4n) is 2.18. The summed E-state index contributed by atoms with van der Waals surface area (Å²) in [6.45, 7) is 0.884. The van der Waals surface area contributed by atoms with Gasteiger partial charge in [-0.1, -0.05) is 28.1 Å². The largest absolute Gasteiger partial charge is 0.383 e. The van der Waals surface area contributed by atoms with Crippen LogP contribution >= 0.6 is 28.3 Å². The van der Waals surface area contributed by atoms with Gasteiger partial charge in [0.1, 0.15) is 6.04 Å². The number of amides is 1. The Balaban J connectivity index is 0.00000200. The molecule has 20 heavy (non-hydrogen) atoms. The van der Waals surface area contributed by atoms with Crippen molar-refractivity contribution in [1.29, 1.82) is 0 Å². The van der Waals surface area contributed by atoms with Crippen LogP contribution in [-0.2, 0) is 14.9 Å². The number of nitrogens with two attached hydrogens (primary N) is 1. The van der Waals surface area contributed by atoms with Gasteiger partial charge in [-0.2, -0.15) is 0 Å². The molecule has 0 saturated heterocycles. The maximum Gasteiger partial charge on any atom is 0.239 e. The van der Waals surface area contributed by atoms with Crippen LogP contribution in [-0.4, -0.2) is 32.2 Å². The van der Waals surface area contributed by atoms with Crippen LogP contribution in [0.4, 0.5) is 0 Å². The van der Waals surface area contributed by atoms with Crippen LogP contribution in [0.1, 0.15) is 18.4 Å². The van der Waals surface area contributed by atoms with E-state index in [-0.39, 0.29) is 30.3 Å². The molecular formula is C14H20BrClN2O2. The number of halogens is 2. The summed E-state index contributed by atoms with van der Waals surface area (Å²) in [4.78, 5) is 11.8. The molecule has 1 amide bonds. The van der Waals surface area contributed by atoms with E-state index in [0.29, 0.717) is 6.54 Å². The zero-order chi connectivity index (χ0) is 13.9. The smallest absolute Gasteiger partial charge is 0.239 e. The van der Waals surface area contributed by atoms with E-state index in [9.17, 15) is 4.79 Å². The average Bonchev–Trinajstić information content (AvgIpc) is 3.17. The molecule has 1 atom stereocenters. The van der Waals surface area contributed by atoms with Crippen LogP contribution in [0.3, 0.4) is 0 Å². The Morgan fingerprint density at radius 2 is 2.25 bits per heavy atom. The van der Waals surface area contributed by atoms with Gasteiger partial charge in [0.15, 0.2) is 0 Å². The number of methoxy groups -OCH3 is 1. The molecule has 1 aromatic carbocycles. The van der Waals surface area contributed by atoms with Gasteiger partial charge in [0.2, 0.25) is 5.91 Å². The van der Waals surface area contributed by atoms with Crippen LogP contribution < -0.4 is 11.1 Å². The van der Waals surface area contributed by atoms with E-state index in [1.807, 2.05) is 12.1 Å². The van der Waals surface area contributed by atoms with Crippen molar-refractivity contribution in [2.24, 2.45) is 5.73 Å². The summed E-state index contributed by atoms with van der Waals surface area (Å²) < 4.78 is 5.95. The van der Waals surface area contributed by atoms with Crippen LogP contribution in [0.2, 0.25) is 0 Å². The Morgan fingerprint density at radius 1 is 1.55 bits per heavy atom. The van der Waals surface area contributed by atoms with Crippen molar-refractivity contribution in [3.8, 4) is 0 Å². The van der Waals surface area contributed by atoms with Crippen molar-refractivity contribution in [3.63, 3.8) is 0 Å². The molecule has 0 aromatic heterocycles. The molecule has 6 heteroatoms. The molecule has 0 heterocycles. The van der Waals surface area contributed by atoms with Crippen molar-refractivity contribution >= 4 is 34.2 Å². The molecule has 4 nitrogen and oxygen atoms in total. The van der Waals surface area contributed by atoms with Crippen LogP contribution in [0.5, 0.6) is 0 Å². The Kier molecular flexibility index (Phi) is 6.45.